The zero-order valence-electron chi connectivity index (χ0n) is 19.2. The minimum Gasteiger partial charge on any atom is -0.456 e. The maximum absolute atomic E-state index is 12.6. The molecule has 1 atom stereocenters. The third kappa shape index (κ3) is 4.75. The summed E-state index contributed by atoms with van der Waals surface area (Å²) in [6, 6.07) is 7.32. The van der Waals surface area contributed by atoms with Crippen molar-refractivity contribution in [3.05, 3.63) is 41.6 Å². The molecule has 1 aromatic carbocycles. The summed E-state index contributed by atoms with van der Waals surface area (Å²) >= 11 is 0. The Balaban J connectivity index is 1.63. The minimum atomic E-state index is -0.717. The number of carbonyl (C=O) groups is 3. The van der Waals surface area contributed by atoms with Crippen LogP contribution in [0.2, 0.25) is 0 Å². The van der Waals surface area contributed by atoms with E-state index < -0.39 is 23.7 Å². The van der Waals surface area contributed by atoms with Gasteiger partial charge in [-0.3, -0.25) is 9.69 Å². The van der Waals surface area contributed by atoms with Gasteiger partial charge in [-0.25, -0.2) is 9.59 Å². The second kappa shape index (κ2) is 8.36. The summed E-state index contributed by atoms with van der Waals surface area (Å²) in [6.07, 6.45) is 2.20. The summed E-state index contributed by atoms with van der Waals surface area (Å²) in [6.45, 7) is 9.54. The summed E-state index contributed by atoms with van der Waals surface area (Å²) in [5, 5.41) is 0. The van der Waals surface area contributed by atoms with Crippen molar-refractivity contribution in [2.75, 3.05) is 25.1 Å². The van der Waals surface area contributed by atoms with Gasteiger partial charge >= 0.3 is 12.1 Å². The van der Waals surface area contributed by atoms with Gasteiger partial charge in [0.25, 0.3) is 0 Å². The van der Waals surface area contributed by atoms with Gasteiger partial charge in [0.1, 0.15) is 11.6 Å². The molecule has 1 saturated heterocycles. The van der Waals surface area contributed by atoms with Gasteiger partial charge in [0.15, 0.2) is 12.4 Å². The predicted molar refractivity (Wildman–Crippen MR) is 118 cm³/mol. The Hall–Kier alpha value is -2.83. The van der Waals surface area contributed by atoms with Crippen LogP contribution in [0.25, 0.3) is 0 Å². The lowest BCUT2D eigenvalue weighted by Crippen LogP contribution is -2.44. The number of likely N-dealkylation sites (N-methyl/N-ethyl adjacent to an activating group) is 1. The molecule has 168 valence electrons. The van der Waals surface area contributed by atoms with Gasteiger partial charge in [0.05, 0.1) is 0 Å². The largest absolute Gasteiger partial charge is 0.456 e. The monoisotopic (exact) mass is 428 g/mol. The van der Waals surface area contributed by atoms with Crippen LogP contribution in [0, 0.1) is 0 Å². The number of nitrogens with zero attached hydrogens (tertiary/aromatic N) is 2. The van der Waals surface area contributed by atoms with Crippen LogP contribution in [-0.4, -0.2) is 54.6 Å². The molecule has 1 fully saturated rings. The number of amides is 1. The van der Waals surface area contributed by atoms with Crippen LogP contribution < -0.4 is 4.90 Å². The van der Waals surface area contributed by atoms with Crippen LogP contribution in [0.1, 0.15) is 53.0 Å². The first kappa shape index (κ1) is 22.8. The minimum absolute atomic E-state index is 0.294. The molecular weight excluding hydrogens is 396 g/mol. The Morgan fingerprint density at radius 3 is 2.52 bits per heavy atom. The maximum Gasteiger partial charge on any atom is 0.411 e. The molecule has 7 nitrogen and oxygen atoms in total. The van der Waals surface area contributed by atoms with Crippen molar-refractivity contribution in [1.29, 1.82) is 0 Å². The van der Waals surface area contributed by atoms with Gasteiger partial charge in [0, 0.05) is 36.5 Å². The zero-order valence-corrected chi connectivity index (χ0v) is 19.2. The molecule has 0 aliphatic carbocycles. The fraction of sp³-hybridized carbons (Fsp3) is 0.542. The van der Waals surface area contributed by atoms with Crippen LogP contribution in [0.15, 0.2) is 36.0 Å². The normalized spacial score (nSPS) is 21.2. The lowest BCUT2D eigenvalue weighted by Gasteiger charge is -2.27. The number of allylic oxidation sites excluding steroid dienone is 1. The average Bonchev–Trinajstić information content (AvgIpc) is 3.24. The quantitative estimate of drug-likeness (QED) is 0.536. The highest BCUT2D eigenvalue weighted by molar-refractivity contribution is 5.95. The van der Waals surface area contributed by atoms with Crippen molar-refractivity contribution in [2.24, 2.45) is 0 Å². The van der Waals surface area contributed by atoms with E-state index in [1.165, 1.54) is 4.90 Å². The van der Waals surface area contributed by atoms with E-state index in [4.69, 9.17) is 9.47 Å². The molecule has 31 heavy (non-hydrogen) atoms. The van der Waals surface area contributed by atoms with E-state index >= 15 is 0 Å². The van der Waals surface area contributed by atoms with E-state index in [0.29, 0.717) is 19.4 Å². The van der Waals surface area contributed by atoms with E-state index in [1.54, 1.807) is 26.8 Å². The first-order chi connectivity index (χ1) is 14.4. The van der Waals surface area contributed by atoms with Crippen molar-refractivity contribution < 1.29 is 23.9 Å². The number of esters is 1. The van der Waals surface area contributed by atoms with Gasteiger partial charge in [-0.2, -0.15) is 0 Å². The average molecular weight is 429 g/mol. The molecule has 0 aromatic heterocycles. The highest BCUT2D eigenvalue weighted by Crippen LogP contribution is 2.46. The van der Waals surface area contributed by atoms with E-state index in [1.807, 2.05) is 30.1 Å². The first-order valence-corrected chi connectivity index (χ1v) is 10.7. The smallest absolute Gasteiger partial charge is 0.411 e. The van der Waals surface area contributed by atoms with Crippen LogP contribution in [0.5, 0.6) is 0 Å². The molecule has 0 N–H and O–H groups in total. The number of hydrogen-bond acceptors (Lipinski definition) is 6. The molecule has 0 spiro atoms. The summed E-state index contributed by atoms with van der Waals surface area (Å²) < 4.78 is 10.7. The van der Waals surface area contributed by atoms with Gasteiger partial charge in [-0.05, 0) is 45.2 Å². The van der Waals surface area contributed by atoms with Gasteiger partial charge < -0.3 is 14.4 Å². The molecule has 1 aromatic rings. The predicted octanol–water partition coefficient (Wildman–Crippen LogP) is 3.81. The lowest BCUT2D eigenvalue weighted by molar-refractivity contribution is -0.151. The Labute approximate surface area is 184 Å². The molecule has 3 rings (SSSR count). The number of rotatable bonds is 4. The van der Waals surface area contributed by atoms with Crippen molar-refractivity contribution in [1.82, 2.24) is 4.90 Å². The van der Waals surface area contributed by atoms with Crippen LogP contribution in [0.3, 0.4) is 0 Å². The third-order valence-corrected chi connectivity index (χ3v) is 5.75. The van der Waals surface area contributed by atoms with Crippen LogP contribution in [-0.2, 0) is 24.5 Å². The zero-order chi connectivity index (χ0) is 23.0. The van der Waals surface area contributed by atoms with E-state index in [2.05, 4.69) is 19.9 Å². The number of fused-ring (bicyclic) bond motifs is 1. The second-order valence-electron chi connectivity index (χ2n) is 9.64. The number of para-hydroxylation sites is 1. The summed E-state index contributed by atoms with van der Waals surface area (Å²) in [5.41, 5.74) is 2.08. The van der Waals surface area contributed by atoms with E-state index in [0.717, 1.165) is 16.9 Å². The Bertz CT molecular complexity index is 913. The third-order valence-electron chi connectivity index (χ3n) is 5.75. The fourth-order valence-electron chi connectivity index (χ4n) is 4.24. The summed E-state index contributed by atoms with van der Waals surface area (Å²) in [5.74, 6) is -0.865. The van der Waals surface area contributed by atoms with Crippen molar-refractivity contribution in [3.8, 4) is 0 Å². The molecule has 0 saturated carbocycles. The Kier molecular flexibility index (Phi) is 6.16. The van der Waals surface area contributed by atoms with Crippen molar-refractivity contribution in [2.45, 2.75) is 64.5 Å². The molecule has 2 aliphatic heterocycles. The Morgan fingerprint density at radius 1 is 1.19 bits per heavy atom. The second-order valence-corrected chi connectivity index (χ2v) is 9.64. The number of anilines is 1. The number of hydrogen-bond donors (Lipinski definition) is 0. The molecule has 1 amide bonds. The maximum atomic E-state index is 12.6. The highest BCUT2D eigenvalue weighted by Gasteiger charge is 2.39. The summed E-state index contributed by atoms with van der Waals surface area (Å²) in [7, 11) is 1.93. The van der Waals surface area contributed by atoms with E-state index in [-0.39, 0.29) is 17.8 Å². The number of benzene rings is 1. The number of likely N-dealkylation sites (tertiary alicyclic amines) is 1. The molecule has 7 heteroatoms. The number of carbonyl (C=O) groups excluding carboxylic acids is 3. The van der Waals surface area contributed by atoms with Crippen LogP contribution in [0.4, 0.5) is 10.5 Å². The SMILES string of the molecule is CN1C(=CC(=O)COC(=O)[C@@H]2CCCN2C(=O)OC(C)(C)C)C(C)(C)c2ccccc21. The first-order valence-electron chi connectivity index (χ1n) is 10.7. The fourth-order valence-corrected chi connectivity index (χ4v) is 4.24. The Morgan fingerprint density at radius 2 is 1.87 bits per heavy atom. The lowest BCUT2D eigenvalue weighted by atomic mass is 9.83. The molecule has 0 unspecified atom stereocenters. The van der Waals surface area contributed by atoms with Gasteiger partial charge in [0.2, 0.25) is 0 Å². The van der Waals surface area contributed by atoms with Crippen molar-refractivity contribution in [3.63, 3.8) is 0 Å². The molecule has 0 radical (unpaired) electrons. The summed E-state index contributed by atoms with van der Waals surface area (Å²) in [4.78, 5) is 41.0. The van der Waals surface area contributed by atoms with Gasteiger partial charge in [-0.15, -0.1) is 0 Å². The van der Waals surface area contributed by atoms with Crippen molar-refractivity contribution >= 4 is 23.5 Å². The van der Waals surface area contributed by atoms with Gasteiger partial charge in [-0.1, -0.05) is 32.0 Å². The topological polar surface area (TPSA) is 76.2 Å². The highest BCUT2D eigenvalue weighted by atomic mass is 16.6. The molecule has 2 heterocycles. The standard InChI is InChI=1S/C24H32N2O5/c1-23(2,3)31-22(29)26-13-9-12-19(26)21(28)30-15-16(27)14-20-24(4,5)17-10-7-8-11-18(17)25(20)6/h7-8,10-11,14,19H,9,12-13,15H2,1-6H3/t19-/m0/s1. The van der Waals surface area contributed by atoms with Crippen LogP contribution >= 0.6 is 0 Å². The number of ether oxygens (including phenoxy) is 2. The molecule has 2 aliphatic rings. The molecular formula is C24H32N2O5. The number of ketones is 1. The molecule has 0 bridgehead atoms. The van der Waals surface area contributed by atoms with E-state index in [9.17, 15) is 14.4 Å².